The Morgan fingerprint density at radius 3 is 2.37 bits per heavy atom. The number of carbonyl (C=O) groups is 1. The van der Waals surface area contributed by atoms with Gasteiger partial charge in [-0.3, -0.25) is 14.5 Å². The first-order valence-corrected chi connectivity index (χ1v) is 13.8. The van der Waals surface area contributed by atoms with Gasteiger partial charge in [0.25, 0.3) is 15.9 Å². The van der Waals surface area contributed by atoms with Crippen molar-refractivity contribution in [2.24, 2.45) is 0 Å². The number of hydrogen-bond acceptors (Lipinski definition) is 7. The summed E-state index contributed by atoms with van der Waals surface area (Å²) in [5.74, 6) is 0.506. The topological polar surface area (TPSA) is 111 Å². The fourth-order valence-corrected chi connectivity index (χ4v) is 5.71. The number of nitrogens with one attached hydrogen (secondary N) is 1. The quantitative estimate of drug-likeness (QED) is 0.366. The highest BCUT2D eigenvalue weighted by Crippen LogP contribution is 2.35. The van der Waals surface area contributed by atoms with E-state index in [9.17, 15) is 13.2 Å². The van der Waals surface area contributed by atoms with Crippen LogP contribution in [-0.2, 0) is 10.0 Å². The number of aromatic nitrogens is 2. The van der Waals surface area contributed by atoms with Crippen molar-refractivity contribution in [1.29, 1.82) is 0 Å². The predicted molar refractivity (Wildman–Crippen MR) is 145 cm³/mol. The van der Waals surface area contributed by atoms with Crippen LogP contribution >= 0.6 is 0 Å². The Labute approximate surface area is 221 Å². The van der Waals surface area contributed by atoms with E-state index in [0.717, 1.165) is 37.9 Å². The smallest absolute Gasteiger partial charge is 0.262 e. The molecule has 1 fully saturated rings. The molecule has 0 bridgehead atoms. The summed E-state index contributed by atoms with van der Waals surface area (Å²) in [6.07, 6.45) is 6.27. The summed E-state index contributed by atoms with van der Waals surface area (Å²) in [5.41, 5.74) is 2.69. The van der Waals surface area contributed by atoms with Crippen LogP contribution in [0.25, 0.3) is 22.0 Å². The number of amides is 1. The van der Waals surface area contributed by atoms with Crippen molar-refractivity contribution in [2.45, 2.75) is 24.2 Å². The van der Waals surface area contributed by atoms with Gasteiger partial charge in [0.1, 0.15) is 17.0 Å². The molecule has 1 N–H and O–H groups in total. The lowest BCUT2D eigenvalue weighted by Gasteiger charge is -2.27. The maximum atomic E-state index is 13.3. The molecule has 2 aromatic heterocycles. The number of nitrogens with zero attached hydrogens (tertiary/aromatic N) is 3. The molecule has 1 aliphatic rings. The maximum absolute atomic E-state index is 13.3. The molecule has 196 valence electrons. The van der Waals surface area contributed by atoms with E-state index >= 15 is 0 Å². The van der Waals surface area contributed by atoms with E-state index in [1.54, 1.807) is 43.8 Å². The zero-order valence-corrected chi connectivity index (χ0v) is 22.0. The molecule has 1 saturated heterocycles. The van der Waals surface area contributed by atoms with Crippen LogP contribution in [0.2, 0.25) is 0 Å². The SMILES string of the molecule is COc1ncc(-c2ccc3ncc(C(=O)N4CCCCC4)c(OC)c3c2)cc1NS(=O)(=O)c1ccccc1. The minimum absolute atomic E-state index is 0.0925. The fraction of sp³-hybridized carbons (Fsp3) is 0.250. The minimum atomic E-state index is -3.86. The van der Waals surface area contributed by atoms with Crippen LogP contribution in [0.15, 0.2) is 71.9 Å². The Bertz CT molecular complexity index is 1590. The van der Waals surface area contributed by atoms with Crippen molar-refractivity contribution in [2.75, 3.05) is 32.0 Å². The third-order valence-electron chi connectivity index (χ3n) is 6.57. The molecule has 1 amide bonds. The highest BCUT2D eigenvalue weighted by atomic mass is 32.2. The highest BCUT2D eigenvalue weighted by Gasteiger charge is 2.24. The number of anilines is 1. The first-order valence-electron chi connectivity index (χ1n) is 12.3. The molecule has 5 rings (SSSR count). The molecular weight excluding hydrogens is 504 g/mol. The van der Waals surface area contributed by atoms with E-state index in [1.807, 2.05) is 23.1 Å². The number of sulfonamides is 1. The average Bonchev–Trinajstić information content (AvgIpc) is 2.96. The molecule has 10 heteroatoms. The van der Waals surface area contributed by atoms with Crippen molar-refractivity contribution >= 4 is 32.5 Å². The molecular formula is C28H28N4O5S. The Kier molecular flexibility index (Phi) is 7.15. The van der Waals surface area contributed by atoms with E-state index in [1.165, 1.54) is 19.2 Å². The number of piperidine rings is 1. The van der Waals surface area contributed by atoms with Crippen molar-refractivity contribution < 1.29 is 22.7 Å². The third kappa shape index (κ3) is 4.99. The van der Waals surface area contributed by atoms with E-state index in [2.05, 4.69) is 14.7 Å². The molecule has 2 aromatic carbocycles. The lowest BCUT2D eigenvalue weighted by Crippen LogP contribution is -2.35. The Morgan fingerprint density at radius 1 is 0.895 bits per heavy atom. The monoisotopic (exact) mass is 532 g/mol. The van der Waals surface area contributed by atoms with Gasteiger partial charge in [-0.05, 0) is 55.2 Å². The molecule has 0 saturated carbocycles. The number of ether oxygens (including phenoxy) is 2. The van der Waals surface area contributed by atoms with Crippen LogP contribution in [-0.4, -0.2) is 56.5 Å². The predicted octanol–water partition coefficient (Wildman–Crippen LogP) is 4.74. The van der Waals surface area contributed by atoms with E-state index in [-0.39, 0.29) is 22.4 Å². The largest absolute Gasteiger partial charge is 0.495 e. The van der Waals surface area contributed by atoms with Gasteiger partial charge in [0.05, 0.1) is 24.6 Å². The second-order valence-electron chi connectivity index (χ2n) is 8.99. The first kappa shape index (κ1) is 25.5. The maximum Gasteiger partial charge on any atom is 0.262 e. The number of fused-ring (bicyclic) bond motifs is 1. The van der Waals surface area contributed by atoms with Crippen LogP contribution in [0.3, 0.4) is 0 Å². The summed E-state index contributed by atoms with van der Waals surface area (Å²) >= 11 is 0. The number of rotatable bonds is 7. The molecule has 0 unspecified atom stereocenters. The van der Waals surface area contributed by atoms with Crippen LogP contribution < -0.4 is 14.2 Å². The van der Waals surface area contributed by atoms with Gasteiger partial charge in [-0.2, -0.15) is 0 Å². The minimum Gasteiger partial charge on any atom is -0.495 e. The third-order valence-corrected chi connectivity index (χ3v) is 7.95. The van der Waals surface area contributed by atoms with Crippen molar-refractivity contribution in [3.63, 3.8) is 0 Å². The van der Waals surface area contributed by atoms with Gasteiger partial charge in [0, 0.05) is 36.4 Å². The van der Waals surface area contributed by atoms with Gasteiger partial charge in [0.15, 0.2) is 0 Å². The second-order valence-corrected chi connectivity index (χ2v) is 10.7. The van der Waals surface area contributed by atoms with Gasteiger partial charge in [0.2, 0.25) is 5.88 Å². The zero-order chi connectivity index (χ0) is 26.7. The Balaban J connectivity index is 1.54. The van der Waals surface area contributed by atoms with Gasteiger partial charge in [-0.25, -0.2) is 13.4 Å². The second kappa shape index (κ2) is 10.7. The van der Waals surface area contributed by atoms with Crippen molar-refractivity contribution in [3.8, 4) is 22.8 Å². The molecule has 9 nitrogen and oxygen atoms in total. The molecule has 0 aliphatic carbocycles. The summed E-state index contributed by atoms with van der Waals surface area (Å²) in [4.78, 5) is 24.1. The van der Waals surface area contributed by atoms with Gasteiger partial charge < -0.3 is 14.4 Å². The van der Waals surface area contributed by atoms with Crippen LogP contribution in [0.5, 0.6) is 11.6 Å². The zero-order valence-electron chi connectivity index (χ0n) is 21.2. The molecule has 4 aromatic rings. The fourth-order valence-electron chi connectivity index (χ4n) is 4.64. The Morgan fingerprint density at radius 2 is 1.66 bits per heavy atom. The molecule has 0 spiro atoms. The van der Waals surface area contributed by atoms with E-state index in [0.29, 0.717) is 27.8 Å². The lowest BCUT2D eigenvalue weighted by atomic mass is 10.0. The number of benzene rings is 2. The molecule has 0 radical (unpaired) electrons. The summed E-state index contributed by atoms with van der Waals surface area (Å²) in [7, 11) is -0.890. The van der Waals surface area contributed by atoms with Gasteiger partial charge >= 0.3 is 0 Å². The normalized spacial score (nSPS) is 13.8. The molecule has 38 heavy (non-hydrogen) atoms. The highest BCUT2D eigenvalue weighted by molar-refractivity contribution is 7.92. The molecule has 1 aliphatic heterocycles. The number of likely N-dealkylation sites (tertiary alicyclic amines) is 1. The van der Waals surface area contributed by atoms with Crippen LogP contribution in [0.1, 0.15) is 29.6 Å². The summed E-state index contributed by atoms with van der Waals surface area (Å²) in [6, 6.07) is 15.3. The standard InChI is InChI=1S/C28H28N4O5S/c1-36-26-22-15-19(11-12-24(22)29-18-23(26)28(33)32-13-7-4-8-14-32)20-16-25(27(37-2)30-17-20)31-38(34,35)21-9-5-3-6-10-21/h3,5-6,9-12,15-18,31H,4,7-8,13-14H2,1-2H3. The molecule has 3 heterocycles. The van der Waals surface area contributed by atoms with E-state index in [4.69, 9.17) is 9.47 Å². The van der Waals surface area contributed by atoms with Crippen LogP contribution in [0.4, 0.5) is 5.69 Å². The first-order chi connectivity index (χ1) is 18.4. The summed E-state index contributed by atoms with van der Waals surface area (Å²) < 4.78 is 39.5. The van der Waals surface area contributed by atoms with Crippen molar-refractivity contribution in [1.82, 2.24) is 14.9 Å². The molecule has 0 atom stereocenters. The number of pyridine rings is 2. The van der Waals surface area contributed by atoms with Crippen LogP contribution in [0, 0.1) is 0 Å². The number of carbonyl (C=O) groups excluding carboxylic acids is 1. The Hall–Kier alpha value is -4.18. The van der Waals surface area contributed by atoms with E-state index < -0.39 is 10.0 Å². The lowest BCUT2D eigenvalue weighted by molar-refractivity contribution is 0.0721. The van der Waals surface area contributed by atoms with Gasteiger partial charge in [-0.15, -0.1) is 0 Å². The average molecular weight is 533 g/mol. The number of methoxy groups -OCH3 is 2. The van der Waals surface area contributed by atoms with Gasteiger partial charge in [-0.1, -0.05) is 24.3 Å². The number of hydrogen-bond donors (Lipinski definition) is 1. The van der Waals surface area contributed by atoms with Crippen molar-refractivity contribution in [3.05, 3.63) is 72.6 Å². The summed E-state index contributed by atoms with van der Waals surface area (Å²) in [5, 5.41) is 0.676. The summed E-state index contributed by atoms with van der Waals surface area (Å²) in [6.45, 7) is 1.44.